The fourth-order valence-corrected chi connectivity index (χ4v) is 3.29. The Bertz CT molecular complexity index is 1070. The molecular weight excluding hydrogens is 436 g/mol. The Morgan fingerprint density at radius 2 is 1.88 bits per heavy atom. The number of nitrogens with zero attached hydrogens (tertiary/aromatic N) is 2. The van der Waals surface area contributed by atoms with Crippen molar-refractivity contribution in [2.75, 3.05) is 19.0 Å². The van der Waals surface area contributed by atoms with E-state index in [1.54, 1.807) is 0 Å². The first kappa shape index (κ1) is 23.8. The number of rotatable bonds is 8. The van der Waals surface area contributed by atoms with E-state index in [4.69, 9.17) is 4.74 Å². The molecule has 1 N–H and O–H groups in total. The molecule has 0 aliphatic carbocycles. The van der Waals surface area contributed by atoms with Crippen molar-refractivity contribution in [2.24, 2.45) is 5.92 Å². The molecule has 8 nitrogen and oxygen atoms in total. The van der Waals surface area contributed by atoms with Gasteiger partial charge in [0.2, 0.25) is 5.91 Å². The molecule has 1 aromatic carbocycles. The first-order chi connectivity index (χ1) is 15.7. The number of esters is 1. The summed E-state index contributed by atoms with van der Waals surface area (Å²) in [5, 5.41) is 2.63. The number of carbonyl (C=O) groups excluding carboxylic acids is 3. The Labute approximate surface area is 189 Å². The van der Waals surface area contributed by atoms with E-state index in [9.17, 15) is 23.2 Å². The number of ether oxygens (including phenoxy) is 2. The summed E-state index contributed by atoms with van der Waals surface area (Å²) in [5.74, 6) is -3.74. The number of anilines is 1. The van der Waals surface area contributed by atoms with E-state index in [0.717, 1.165) is 18.2 Å². The monoisotopic (exact) mass is 459 g/mol. The molecule has 3 rings (SSSR count). The topological polar surface area (TPSA) is 97.8 Å². The Kier molecular flexibility index (Phi) is 7.37. The summed E-state index contributed by atoms with van der Waals surface area (Å²) in [6.07, 6.45) is 2.69. The number of carbonyl (C=O) groups is 3. The molecule has 0 spiro atoms. The number of nitrogens with one attached hydrogen (secondary N) is 1. The average molecular weight is 459 g/mol. The molecule has 0 radical (unpaired) electrons. The van der Waals surface area contributed by atoms with E-state index in [1.807, 2.05) is 13.8 Å². The van der Waals surface area contributed by atoms with Gasteiger partial charge in [-0.2, -0.15) is 0 Å². The van der Waals surface area contributed by atoms with Crippen LogP contribution in [0.2, 0.25) is 0 Å². The number of halogens is 2. The third kappa shape index (κ3) is 5.71. The van der Waals surface area contributed by atoms with E-state index < -0.39 is 41.2 Å². The third-order valence-corrected chi connectivity index (χ3v) is 4.86. The highest BCUT2D eigenvalue weighted by molar-refractivity contribution is 6.00. The second kappa shape index (κ2) is 10.2. The van der Waals surface area contributed by atoms with Crippen LogP contribution in [0, 0.1) is 17.6 Å². The molecule has 0 fully saturated rings. The largest absolute Gasteiger partial charge is 0.465 e. The maximum absolute atomic E-state index is 13.9. The maximum Gasteiger partial charge on any atom is 0.339 e. The molecule has 1 atom stereocenters. The summed E-state index contributed by atoms with van der Waals surface area (Å²) < 4.78 is 37.7. The smallest absolute Gasteiger partial charge is 0.339 e. The van der Waals surface area contributed by atoms with Gasteiger partial charge in [-0.25, -0.2) is 18.6 Å². The van der Waals surface area contributed by atoms with Gasteiger partial charge in [-0.05, 0) is 36.6 Å². The zero-order valence-corrected chi connectivity index (χ0v) is 18.3. The summed E-state index contributed by atoms with van der Waals surface area (Å²) in [6, 6.07) is 5.29. The molecule has 0 saturated carbocycles. The van der Waals surface area contributed by atoms with Crippen molar-refractivity contribution in [2.45, 2.75) is 26.3 Å². The number of hydrogen-bond donors (Lipinski definition) is 1. The minimum atomic E-state index is -0.903. The molecule has 10 heteroatoms. The first-order valence-corrected chi connectivity index (χ1v) is 10.2. The van der Waals surface area contributed by atoms with Gasteiger partial charge in [0.25, 0.3) is 5.91 Å². The molecule has 33 heavy (non-hydrogen) atoms. The highest BCUT2D eigenvalue weighted by Gasteiger charge is 2.35. The zero-order valence-electron chi connectivity index (χ0n) is 18.3. The van der Waals surface area contributed by atoms with Crippen molar-refractivity contribution >= 4 is 23.6 Å². The van der Waals surface area contributed by atoms with Gasteiger partial charge in [0, 0.05) is 12.3 Å². The van der Waals surface area contributed by atoms with Crippen molar-refractivity contribution < 1.29 is 32.6 Å². The van der Waals surface area contributed by atoms with Gasteiger partial charge in [-0.15, -0.1) is 0 Å². The summed E-state index contributed by atoms with van der Waals surface area (Å²) in [4.78, 5) is 42.5. The van der Waals surface area contributed by atoms with E-state index in [-0.39, 0.29) is 29.6 Å². The summed E-state index contributed by atoms with van der Waals surface area (Å²) in [6.45, 7) is 3.65. The fraction of sp³-hybridized carbons (Fsp3) is 0.304. The Hall–Kier alpha value is -3.82. The summed E-state index contributed by atoms with van der Waals surface area (Å²) in [5.41, 5.74) is 0.218. The molecule has 2 heterocycles. The maximum atomic E-state index is 13.9. The Balaban J connectivity index is 1.74. The molecule has 1 aliphatic rings. The Morgan fingerprint density at radius 1 is 1.18 bits per heavy atom. The van der Waals surface area contributed by atoms with E-state index in [0.29, 0.717) is 6.42 Å². The van der Waals surface area contributed by atoms with Gasteiger partial charge in [0.05, 0.1) is 19.2 Å². The molecule has 0 saturated heterocycles. The van der Waals surface area contributed by atoms with Crippen LogP contribution in [-0.2, 0) is 14.3 Å². The van der Waals surface area contributed by atoms with E-state index in [2.05, 4.69) is 15.0 Å². The van der Waals surface area contributed by atoms with Gasteiger partial charge >= 0.3 is 5.97 Å². The van der Waals surface area contributed by atoms with Crippen molar-refractivity contribution in [1.29, 1.82) is 0 Å². The number of pyridine rings is 1. The molecule has 2 aromatic rings. The van der Waals surface area contributed by atoms with Gasteiger partial charge < -0.3 is 19.7 Å². The lowest BCUT2D eigenvalue weighted by molar-refractivity contribution is -0.133. The van der Waals surface area contributed by atoms with Crippen molar-refractivity contribution in [3.63, 3.8) is 0 Å². The molecule has 1 unspecified atom stereocenters. The van der Waals surface area contributed by atoms with Crippen LogP contribution in [0.4, 0.5) is 14.6 Å². The van der Waals surface area contributed by atoms with Crippen LogP contribution in [0.25, 0.3) is 0 Å². The van der Waals surface area contributed by atoms with Crippen molar-refractivity contribution in [1.82, 2.24) is 9.88 Å². The van der Waals surface area contributed by atoms with Crippen LogP contribution >= 0.6 is 0 Å². The Morgan fingerprint density at radius 3 is 2.45 bits per heavy atom. The molecule has 0 bridgehead atoms. The molecule has 2 amide bonds. The van der Waals surface area contributed by atoms with Crippen molar-refractivity contribution in [3.05, 3.63) is 65.6 Å². The second-order valence-electron chi connectivity index (χ2n) is 7.79. The molecule has 1 aliphatic heterocycles. The third-order valence-electron chi connectivity index (χ3n) is 4.86. The predicted molar refractivity (Wildman–Crippen MR) is 114 cm³/mol. The fourth-order valence-electron chi connectivity index (χ4n) is 3.29. The predicted octanol–water partition coefficient (Wildman–Crippen LogP) is 3.30. The summed E-state index contributed by atoms with van der Waals surface area (Å²) in [7, 11) is 1.24. The van der Waals surface area contributed by atoms with E-state index in [1.165, 1.54) is 36.4 Å². The number of methoxy groups -OCH3 is 1. The zero-order chi connectivity index (χ0) is 24.1. The minimum Gasteiger partial charge on any atom is -0.465 e. The lowest BCUT2D eigenvalue weighted by Crippen LogP contribution is -2.46. The number of aromatic nitrogens is 1. The highest BCUT2D eigenvalue weighted by atomic mass is 19.1. The summed E-state index contributed by atoms with van der Waals surface area (Å²) >= 11 is 0. The number of benzene rings is 1. The van der Waals surface area contributed by atoms with Crippen LogP contribution in [0.5, 0.6) is 5.75 Å². The molecule has 1 aromatic heterocycles. The van der Waals surface area contributed by atoms with Crippen molar-refractivity contribution in [3.8, 4) is 5.75 Å². The highest BCUT2D eigenvalue weighted by Crippen LogP contribution is 2.27. The standard InChI is InChI=1S/C23H23F2N3O5/c1-13(2)9-18(22(30)27-19-8-7-14(11-26-19)23(31)32-3)28-12-15(10-20(28)29)33-21-16(24)5-4-6-17(21)25/h4-8,10-11,13,18H,9,12H2,1-3H3,(H,26,27,30). The van der Waals surface area contributed by atoms with Crippen LogP contribution in [0.1, 0.15) is 30.6 Å². The normalized spacial score (nSPS) is 14.2. The molecule has 174 valence electrons. The quantitative estimate of drug-likeness (QED) is 0.609. The van der Waals surface area contributed by atoms with Gasteiger partial charge in [-0.3, -0.25) is 9.59 Å². The first-order valence-electron chi connectivity index (χ1n) is 10.2. The lowest BCUT2D eigenvalue weighted by Gasteiger charge is -2.28. The SMILES string of the molecule is COC(=O)c1ccc(NC(=O)C(CC(C)C)N2CC(Oc3c(F)cccc3F)=CC2=O)nc1. The molecular formula is C23H23F2N3O5. The number of para-hydroxylation sites is 1. The number of hydrogen-bond acceptors (Lipinski definition) is 6. The van der Waals surface area contributed by atoms with Gasteiger partial charge in [0.1, 0.15) is 17.6 Å². The average Bonchev–Trinajstić information content (AvgIpc) is 3.14. The van der Waals surface area contributed by atoms with Crippen LogP contribution < -0.4 is 10.1 Å². The minimum absolute atomic E-state index is 0.0195. The van der Waals surface area contributed by atoms with Crippen LogP contribution in [0.3, 0.4) is 0 Å². The van der Waals surface area contributed by atoms with Crippen LogP contribution in [-0.4, -0.2) is 47.4 Å². The van der Waals surface area contributed by atoms with Gasteiger partial charge in [-0.1, -0.05) is 19.9 Å². The number of amides is 2. The van der Waals surface area contributed by atoms with Crippen LogP contribution in [0.15, 0.2) is 48.4 Å². The second-order valence-corrected chi connectivity index (χ2v) is 7.79. The van der Waals surface area contributed by atoms with E-state index >= 15 is 0 Å². The van der Waals surface area contributed by atoms with Gasteiger partial charge in [0.15, 0.2) is 17.4 Å². The lowest BCUT2D eigenvalue weighted by atomic mass is 10.0.